The van der Waals surface area contributed by atoms with E-state index in [9.17, 15) is 14.7 Å². The zero-order valence-electron chi connectivity index (χ0n) is 4.53. The van der Waals surface area contributed by atoms with Crippen molar-refractivity contribution in [1.29, 1.82) is 0 Å². The van der Waals surface area contributed by atoms with E-state index in [4.69, 9.17) is 9.59 Å². The summed E-state index contributed by atoms with van der Waals surface area (Å²) in [6.07, 6.45) is -0.581. The van der Waals surface area contributed by atoms with Crippen LogP contribution in [0.1, 0.15) is 6.42 Å². The lowest BCUT2D eigenvalue weighted by atomic mass is 10.5. The Balaban J connectivity index is 3.39. The van der Waals surface area contributed by atoms with Gasteiger partial charge in [0.25, 0.3) is 0 Å². The highest BCUT2D eigenvalue weighted by atomic mass is 28.4. The molecule has 54 valence electrons. The molecule has 0 unspecified atom stereocenters. The van der Waals surface area contributed by atoms with Crippen molar-refractivity contribution in [2.75, 3.05) is 0 Å². The molecule has 6 heteroatoms. The van der Waals surface area contributed by atoms with Crippen LogP contribution in [0.2, 0.25) is 6.04 Å². The van der Waals surface area contributed by atoms with Crippen molar-refractivity contribution in [3.05, 3.63) is 0 Å². The fourth-order valence-electron chi connectivity index (χ4n) is 0.265. The Morgan fingerprint density at radius 2 is 2.00 bits per heavy atom. The lowest BCUT2D eigenvalue weighted by Gasteiger charge is -2.23. The molecule has 0 spiro atoms. The SMILES string of the molecule is O=C([O-])CC[Si]([O-])(O)O. The second-order valence-electron chi connectivity index (χ2n) is 1.62. The summed E-state index contributed by atoms with van der Waals surface area (Å²) in [7, 11) is -4.39. The van der Waals surface area contributed by atoms with Gasteiger partial charge in [-0.05, 0) is 12.5 Å². The van der Waals surface area contributed by atoms with Gasteiger partial charge < -0.3 is 24.3 Å². The Morgan fingerprint density at radius 1 is 1.56 bits per heavy atom. The molecule has 0 aliphatic carbocycles. The maximum absolute atomic E-state index is 9.97. The Labute approximate surface area is 52.6 Å². The second-order valence-corrected chi connectivity index (χ2v) is 3.60. The highest BCUT2D eigenvalue weighted by Gasteiger charge is 2.09. The van der Waals surface area contributed by atoms with Crippen LogP contribution in [0.5, 0.6) is 0 Å². The molecule has 0 radical (unpaired) electrons. The van der Waals surface area contributed by atoms with Crippen LogP contribution in [-0.4, -0.2) is 24.4 Å². The van der Waals surface area contributed by atoms with Crippen LogP contribution in [0.4, 0.5) is 0 Å². The summed E-state index contributed by atoms with van der Waals surface area (Å²) < 4.78 is 0. The van der Waals surface area contributed by atoms with Gasteiger partial charge in [-0.25, -0.2) is 0 Å². The molecule has 0 aromatic heterocycles. The van der Waals surface area contributed by atoms with Crippen LogP contribution < -0.4 is 9.90 Å². The van der Waals surface area contributed by atoms with Crippen molar-refractivity contribution in [2.45, 2.75) is 12.5 Å². The summed E-state index contributed by atoms with van der Waals surface area (Å²) in [5, 5.41) is 9.60. The van der Waals surface area contributed by atoms with Gasteiger partial charge in [0.2, 0.25) is 8.80 Å². The van der Waals surface area contributed by atoms with E-state index in [-0.39, 0.29) is 0 Å². The first-order chi connectivity index (χ1) is 3.92. The van der Waals surface area contributed by atoms with Crippen molar-refractivity contribution in [3.63, 3.8) is 0 Å². The third kappa shape index (κ3) is 7.57. The molecule has 0 aromatic carbocycles. The third-order valence-corrected chi connectivity index (χ3v) is 1.56. The van der Waals surface area contributed by atoms with Gasteiger partial charge in [0.15, 0.2) is 0 Å². The van der Waals surface area contributed by atoms with E-state index in [1.54, 1.807) is 0 Å². The van der Waals surface area contributed by atoms with Crippen LogP contribution >= 0.6 is 0 Å². The van der Waals surface area contributed by atoms with Gasteiger partial charge in [0.05, 0.1) is 0 Å². The summed E-state index contributed by atoms with van der Waals surface area (Å²) in [4.78, 5) is 35.8. The topological polar surface area (TPSA) is 104 Å². The highest BCUT2D eigenvalue weighted by Crippen LogP contribution is 1.95. The minimum Gasteiger partial charge on any atom is -0.817 e. The average Bonchev–Trinajstić information content (AvgIpc) is 1.59. The highest BCUT2D eigenvalue weighted by molar-refractivity contribution is 6.54. The number of carboxylic acid groups (broad SMARTS) is 1. The molecule has 0 rings (SSSR count). The number of carboxylic acids is 1. The molecule has 2 N–H and O–H groups in total. The van der Waals surface area contributed by atoms with E-state index in [0.717, 1.165) is 0 Å². The largest absolute Gasteiger partial charge is 0.817 e. The molecule has 9 heavy (non-hydrogen) atoms. The first-order valence-electron chi connectivity index (χ1n) is 2.27. The van der Waals surface area contributed by atoms with Crippen LogP contribution in [0.25, 0.3) is 0 Å². The van der Waals surface area contributed by atoms with E-state index < -0.39 is 27.2 Å². The lowest BCUT2D eigenvalue weighted by molar-refractivity contribution is -0.307. The fourth-order valence-corrected chi connectivity index (χ4v) is 0.795. The van der Waals surface area contributed by atoms with Gasteiger partial charge in [-0.3, -0.25) is 0 Å². The van der Waals surface area contributed by atoms with Gasteiger partial charge in [-0.15, -0.1) is 0 Å². The summed E-state index contributed by atoms with van der Waals surface area (Å²) in [5.74, 6) is -1.44. The molecular weight excluding hydrogens is 144 g/mol. The van der Waals surface area contributed by atoms with Crippen molar-refractivity contribution in [3.8, 4) is 0 Å². The molecule has 0 saturated carbocycles. The minimum absolute atomic E-state index is 0.581. The van der Waals surface area contributed by atoms with E-state index in [2.05, 4.69) is 0 Å². The maximum atomic E-state index is 9.97. The summed E-state index contributed by atoms with van der Waals surface area (Å²) in [6, 6.07) is -0.616. The Morgan fingerprint density at radius 3 is 2.11 bits per heavy atom. The standard InChI is InChI=1S/C3H7O5Si/c4-3(5)1-2-9(6,7)8/h6-7H,1-2H2,(H,4,5)/q-1/p-1. The number of rotatable bonds is 3. The number of aliphatic carboxylic acids is 1. The van der Waals surface area contributed by atoms with Crippen molar-refractivity contribution in [1.82, 2.24) is 0 Å². The van der Waals surface area contributed by atoms with E-state index in [0.29, 0.717) is 0 Å². The zero-order valence-corrected chi connectivity index (χ0v) is 5.53. The molecular formula is C3H6O5Si-2. The van der Waals surface area contributed by atoms with Crippen molar-refractivity contribution < 1.29 is 24.3 Å². The molecule has 0 aromatic rings. The molecule has 0 amide bonds. The molecule has 0 aliphatic heterocycles. The monoisotopic (exact) mass is 150 g/mol. The zero-order chi connectivity index (χ0) is 7.49. The number of carbonyl (C=O) groups excluding carboxylic acids is 1. The van der Waals surface area contributed by atoms with Crippen molar-refractivity contribution >= 4 is 14.8 Å². The Kier molecular flexibility index (Phi) is 2.78. The first-order valence-corrected chi connectivity index (χ1v) is 4.28. The summed E-state index contributed by atoms with van der Waals surface area (Å²) in [5.41, 5.74) is 0. The van der Waals surface area contributed by atoms with E-state index >= 15 is 0 Å². The average molecular weight is 150 g/mol. The number of carbonyl (C=O) groups is 1. The van der Waals surface area contributed by atoms with Crippen LogP contribution in [0.15, 0.2) is 0 Å². The van der Waals surface area contributed by atoms with E-state index in [1.165, 1.54) is 0 Å². The predicted octanol–water partition coefficient (Wildman–Crippen LogP) is -3.59. The molecule has 0 heterocycles. The smallest absolute Gasteiger partial charge is 0.239 e. The lowest BCUT2D eigenvalue weighted by Crippen LogP contribution is -2.50. The molecule has 5 nitrogen and oxygen atoms in total. The van der Waals surface area contributed by atoms with Gasteiger partial charge >= 0.3 is 0 Å². The maximum Gasteiger partial charge on any atom is 0.239 e. The molecule has 0 saturated heterocycles. The Hall–Kier alpha value is -0.433. The summed E-state index contributed by atoms with van der Waals surface area (Å²) >= 11 is 0. The minimum atomic E-state index is -4.39. The molecule has 0 aliphatic rings. The number of hydrogen-bond acceptors (Lipinski definition) is 5. The van der Waals surface area contributed by atoms with Gasteiger partial charge in [-0.1, -0.05) is 0 Å². The third-order valence-electron chi connectivity index (χ3n) is 0.655. The molecule has 0 fully saturated rings. The number of hydrogen-bond donors (Lipinski definition) is 2. The van der Waals surface area contributed by atoms with Gasteiger partial charge in [-0.2, -0.15) is 0 Å². The normalized spacial score (nSPS) is 11.4. The van der Waals surface area contributed by atoms with Crippen LogP contribution in [-0.2, 0) is 4.79 Å². The quantitative estimate of drug-likeness (QED) is 0.405. The Bertz CT molecular complexity index is 105. The van der Waals surface area contributed by atoms with Gasteiger partial charge in [0.1, 0.15) is 0 Å². The van der Waals surface area contributed by atoms with Crippen LogP contribution in [0, 0.1) is 0 Å². The van der Waals surface area contributed by atoms with Crippen molar-refractivity contribution in [2.24, 2.45) is 0 Å². The predicted molar refractivity (Wildman–Crippen MR) is 24.6 cm³/mol. The van der Waals surface area contributed by atoms with Crippen LogP contribution in [0.3, 0.4) is 0 Å². The second kappa shape index (κ2) is 2.92. The first kappa shape index (κ1) is 8.57. The van der Waals surface area contributed by atoms with Gasteiger partial charge in [0, 0.05) is 5.97 Å². The fraction of sp³-hybridized carbons (Fsp3) is 0.667. The molecule has 0 atom stereocenters. The molecule has 0 bridgehead atoms. The summed E-state index contributed by atoms with van der Waals surface area (Å²) in [6.45, 7) is 0. The van der Waals surface area contributed by atoms with E-state index in [1.807, 2.05) is 0 Å².